The van der Waals surface area contributed by atoms with Gasteiger partial charge in [-0.1, -0.05) is 87.8 Å². The molecule has 0 spiro atoms. The summed E-state index contributed by atoms with van der Waals surface area (Å²) in [5.74, 6) is -1.27. The van der Waals surface area contributed by atoms with Gasteiger partial charge in [0.05, 0.1) is 16.1 Å². The van der Waals surface area contributed by atoms with Crippen LogP contribution in [0.4, 0.5) is 4.79 Å². The molecule has 3 N–H and O–H groups in total. The molecule has 3 rings (SSSR count). The second-order valence-electron chi connectivity index (χ2n) is 10.9. The Morgan fingerprint density at radius 1 is 0.939 bits per heavy atom. The van der Waals surface area contributed by atoms with E-state index in [2.05, 4.69) is 17.4 Å². The molecule has 0 heterocycles. The number of nitrogens with one attached hydrogen (secondary N) is 1. The summed E-state index contributed by atoms with van der Waals surface area (Å²) < 4.78 is 5.53. The average Bonchev–Trinajstić information content (AvgIpc) is 3.04. The van der Waals surface area contributed by atoms with Crippen LogP contribution >= 0.6 is 0 Å². The van der Waals surface area contributed by atoms with Gasteiger partial charge in [0.2, 0.25) is 0 Å². The standard InChI is InChI=1S/C25H35NO5Si2/c1-32(2,3)25(30,33(4,5)6)15-22(23(27)28)26-24(29)31-16-21-19-13-9-7-11-17(19)18-12-8-10-14-20(18)21/h7-14,21-22,30H,15-16H2,1-6H3,(H,26,29)(H,27,28). The molecule has 8 heteroatoms. The zero-order valence-electron chi connectivity index (χ0n) is 20.3. The van der Waals surface area contributed by atoms with Crippen molar-refractivity contribution in [2.24, 2.45) is 0 Å². The Bertz CT molecular complexity index is 982. The zero-order valence-corrected chi connectivity index (χ0v) is 22.3. The molecule has 0 saturated heterocycles. The van der Waals surface area contributed by atoms with Crippen molar-refractivity contribution in [3.8, 4) is 11.1 Å². The Morgan fingerprint density at radius 2 is 1.39 bits per heavy atom. The van der Waals surface area contributed by atoms with E-state index in [9.17, 15) is 19.8 Å². The third-order valence-electron chi connectivity index (χ3n) is 6.91. The summed E-state index contributed by atoms with van der Waals surface area (Å²) >= 11 is 0. The van der Waals surface area contributed by atoms with Crippen molar-refractivity contribution in [3.63, 3.8) is 0 Å². The van der Waals surface area contributed by atoms with E-state index in [-0.39, 0.29) is 18.9 Å². The fourth-order valence-corrected chi connectivity index (χ4v) is 15.6. The third kappa shape index (κ3) is 4.92. The number of amides is 1. The quantitative estimate of drug-likeness (QED) is 0.464. The predicted molar refractivity (Wildman–Crippen MR) is 136 cm³/mol. The second kappa shape index (κ2) is 9.08. The summed E-state index contributed by atoms with van der Waals surface area (Å²) in [5, 5.41) is 23.9. The van der Waals surface area contributed by atoms with E-state index < -0.39 is 39.1 Å². The molecule has 6 nitrogen and oxygen atoms in total. The van der Waals surface area contributed by atoms with Gasteiger partial charge in [-0.15, -0.1) is 0 Å². The Labute approximate surface area is 198 Å². The molecule has 0 saturated carbocycles. The van der Waals surface area contributed by atoms with Crippen LogP contribution < -0.4 is 5.32 Å². The number of ether oxygens (including phenoxy) is 1. The minimum Gasteiger partial charge on any atom is -0.480 e. The average molecular weight is 486 g/mol. The lowest BCUT2D eigenvalue weighted by atomic mass is 9.98. The van der Waals surface area contributed by atoms with Crippen LogP contribution in [0.2, 0.25) is 39.3 Å². The summed E-state index contributed by atoms with van der Waals surface area (Å²) in [6, 6.07) is 14.9. The first-order valence-corrected chi connectivity index (χ1v) is 18.3. The molecule has 1 amide bonds. The first-order chi connectivity index (χ1) is 15.3. The number of alkyl carbamates (subject to hydrolysis) is 1. The van der Waals surface area contributed by atoms with Crippen LogP contribution in [0, 0.1) is 0 Å². The van der Waals surface area contributed by atoms with Crippen LogP contribution in [-0.2, 0) is 9.53 Å². The largest absolute Gasteiger partial charge is 0.480 e. The minimum atomic E-state index is -2.16. The Kier molecular flexibility index (Phi) is 6.93. The minimum absolute atomic E-state index is 0.0159. The van der Waals surface area contributed by atoms with Crippen molar-refractivity contribution < 1.29 is 24.5 Å². The molecule has 33 heavy (non-hydrogen) atoms. The monoisotopic (exact) mass is 485 g/mol. The van der Waals surface area contributed by atoms with Crippen molar-refractivity contribution in [1.29, 1.82) is 0 Å². The van der Waals surface area contributed by atoms with Crippen LogP contribution in [0.15, 0.2) is 48.5 Å². The van der Waals surface area contributed by atoms with E-state index in [0.29, 0.717) is 0 Å². The number of carboxylic acids is 1. The zero-order chi connectivity index (χ0) is 24.6. The van der Waals surface area contributed by atoms with Crippen LogP contribution in [0.5, 0.6) is 0 Å². The summed E-state index contributed by atoms with van der Waals surface area (Å²) in [7, 11) is -4.33. The van der Waals surface area contributed by atoms with E-state index in [1.165, 1.54) is 0 Å². The summed E-state index contributed by atoms with van der Waals surface area (Å²) in [6.45, 7) is 12.3. The maximum absolute atomic E-state index is 12.7. The highest BCUT2D eigenvalue weighted by atomic mass is 28.4. The van der Waals surface area contributed by atoms with Gasteiger partial charge in [0, 0.05) is 17.2 Å². The number of carbonyl (C=O) groups excluding carboxylic acids is 1. The van der Waals surface area contributed by atoms with Crippen molar-refractivity contribution in [3.05, 3.63) is 59.7 Å². The van der Waals surface area contributed by atoms with E-state index in [0.717, 1.165) is 22.3 Å². The van der Waals surface area contributed by atoms with Gasteiger partial charge >= 0.3 is 12.1 Å². The molecular formula is C25H35NO5Si2. The smallest absolute Gasteiger partial charge is 0.407 e. The fraction of sp³-hybridized carbons (Fsp3) is 0.440. The summed E-state index contributed by atoms with van der Waals surface area (Å²) in [5.41, 5.74) is 4.43. The molecule has 0 bridgehead atoms. The lowest BCUT2D eigenvalue weighted by molar-refractivity contribution is -0.140. The molecule has 178 valence electrons. The number of aliphatic carboxylic acids is 1. The highest BCUT2D eigenvalue weighted by Gasteiger charge is 2.53. The van der Waals surface area contributed by atoms with Gasteiger partial charge in [0.25, 0.3) is 0 Å². The van der Waals surface area contributed by atoms with Crippen LogP contribution in [0.25, 0.3) is 11.1 Å². The third-order valence-corrected chi connectivity index (χ3v) is 16.8. The van der Waals surface area contributed by atoms with Crippen molar-refractivity contribution in [2.45, 2.75) is 62.5 Å². The molecule has 0 fully saturated rings. The molecule has 1 aliphatic carbocycles. The number of fused-ring (bicyclic) bond motifs is 3. The van der Waals surface area contributed by atoms with Gasteiger partial charge in [0.1, 0.15) is 12.6 Å². The Balaban J connectivity index is 1.74. The van der Waals surface area contributed by atoms with Crippen LogP contribution in [0.1, 0.15) is 23.5 Å². The molecule has 1 atom stereocenters. The normalized spacial score (nSPS) is 14.9. The second-order valence-corrected chi connectivity index (χ2v) is 22.1. The highest BCUT2D eigenvalue weighted by Crippen LogP contribution is 2.44. The topological polar surface area (TPSA) is 95.9 Å². The van der Waals surface area contributed by atoms with E-state index in [1.54, 1.807) is 0 Å². The van der Waals surface area contributed by atoms with Crippen molar-refractivity contribution >= 4 is 28.2 Å². The van der Waals surface area contributed by atoms with E-state index >= 15 is 0 Å². The van der Waals surface area contributed by atoms with Gasteiger partial charge in [-0.05, 0) is 22.3 Å². The van der Waals surface area contributed by atoms with E-state index in [1.807, 2.05) is 75.7 Å². The number of benzene rings is 2. The first-order valence-electron chi connectivity index (χ1n) is 11.3. The Morgan fingerprint density at radius 3 is 1.82 bits per heavy atom. The van der Waals surface area contributed by atoms with Crippen LogP contribution in [-0.4, -0.2) is 55.9 Å². The number of rotatable bonds is 8. The van der Waals surface area contributed by atoms with Gasteiger partial charge in [-0.3, -0.25) is 0 Å². The molecule has 2 aromatic carbocycles. The summed E-state index contributed by atoms with van der Waals surface area (Å²) in [6.07, 6.45) is -0.796. The maximum Gasteiger partial charge on any atom is 0.407 e. The van der Waals surface area contributed by atoms with Gasteiger partial charge in [-0.2, -0.15) is 0 Å². The molecule has 0 aliphatic heterocycles. The molecule has 0 radical (unpaired) electrons. The molecule has 2 aromatic rings. The molecule has 0 aromatic heterocycles. The number of carboxylic acid groups (broad SMARTS) is 1. The Hall–Kier alpha value is -2.43. The van der Waals surface area contributed by atoms with Crippen molar-refractivity contribution in [2.75, 3.05) is 6.61 Å². The van der Waals surface area contributed by atoms with Crippen molar-refractivity contribution in [1.82, 2.24) is 5.32 Å². The molecule has 1 aliphatic rings. The fourth-order valence-electron chi connectivity index (χ4n) is 5.02. The predicted octanol–water partition coefficient (Wildman–Crippen LogP) is 4.85. The number of carbonyl (C=O) groups is 2. The molecular weight excluding hydrogens is 450 g/mol. The lowest BCUT2D eigenvalue weighted by Crippen LogP contribution is -2.69. The number of aliphatic hydroxyl groups is 1. The van der Waals surface area contributed by atoms with Gasteiger partial charge in [0.15, 0.2) is 0 Å². The van der Waals surface area contributed by atoms with Gasteiger partial charge in [-0.25, -0.2) is 9.59 Å². The summed E-state index contributed by atoms with van der Waals surface area (Å²) in [4.78, 5) is 23.6. The SMILES string of the molecule is C[Si](C)(C)C(O)(CC(NC(=O)OCC1c2ccccc2-c2ccccc21)C(=O)O)[Si](C)(C)C. The lowest BCUT2D eigenvalue weighted by Gasteiger charge is -2.48. The molecule has 1 unspecified atom stereocenters. The number of hydrogen-bond donors (Lipinski definition) is 3. The van der Waals surface area contributed by atoms with E-state index in [4.69, 9.17) is 4.74 Å². The van der Waals surface area contributed by atoms with Crippen LogP contribution in [0.3, 0.4) is 0 Å². The number of hydrogen-bond acceptors (Lipinski definition) is 4. The highest BCUT2D eigenvalue weighted by molar-refractivity contribution is 6.98. The first kappa shape index (κ1) is 25.2. The van der Waals surface area contributed by atoms with Gasteiger partial charge < -0.3 is 20.3 Å². The maximum atomic E-state index is 12.7.